The van der Waals surface area contributed by atoms with Crippen LogP contribution in [-0.4, -0.2) is 34.1 Å². The maximum absolute atomic E-state index is 13.5. The summed E-state index contributed by atoms with van der Waals surface area (Å²) in [7, 11) is 0. The number of carbonyl (C=O) groups is 3. The van der Waals surface area contributed by atoms with Gasteiger partial charge >= 0.3 is 18.1 Å². The fourth-order valence-electron chi connectivity index (χ4n) is 4.05. The molecule has 0 aliphatic heterocycles. The molecule has 13 heteroatoms. The number of benzene rings is 3. The number of alkyl halides is 3. The van der Waals surface area contributed by atoms with Gasteiger partial charge in [0, 0.05) is 17.8 Å². The Hall–Kier alpha value is -4.88. The third kappa shape index (κ3) is 7.44. The number of carboxylic acids is 2. The van der Waals surface area contributed by atoms with Gasteiger partial charge in [-0.25, -0.2) is 9.59 Å². The zero-order valence-corrected chi connectivity index (χ0v) is 22.6. The molecule has 1 amide bonds. The number of thiophene rings is 1. The molecule has 0 aliphatic rings. The lowest BCUT2D eigenvalue weighted by Crippen LogP contribution is -2.41. The molecular weight excluding hydrogens is 573 g/mol. The van der Waals surface area contributed by atoms with Crippen molar-refractivity contribution in [3.63, 3.8) is 0 Å². The zero-order chi connectivity index (χ0) is 30.4. The molecule has 0 fully saturated rings. The van der Waals surface area contributed by atoms with Crippen LogP contribution in [0.5, 0.6) is 0 Å². The normalized spacial score (nSPS) is 11.9. The van der Waals surface area contributed by atoms with E-state index in [-0.39, 0.29) is 40.4 Å². The number of carbonyl (C=O) groups excluding carboxylic acids is 1. The van der Waals surface area contributed by atoms with E-state index in [4.69, 9.17) is 5.73 Å². The number of amides is 1. The number of nitrogens with one attached hydrogen (secondary N) is 3. The minimum Gasteiger partial charge on any atom is -0.478 e. The third-order valence-electron chi connectivity index (χ3n) is 6.16. The molecule has 9 nitrogen and oxygen atoms in total. The molecule has 42 heavy (non-hydrogen) atoms. The molecule has 3 aromatic carbocycles. The highest BCUT2D eigenvalue weighted by atomic mass is 32.1. The number of rotatable bonds is 11. The molecular formula is C29H25F3N4O5S. The maximum Gasteiger partial charge on any atom is 0.416 e. The number of nitrogens with two attached hydrogens (primary N) is 1. The zero-order valence-electron chi connectivity index (χ0n) is 21.7. The van der Waals surface area contributed by atoms with Crippen molar-refractivity contribution in [2.75, 3.05) is 10.6 Å². The first kappa shape index (κ1) is 30.1. The molecule has 0 aliphatic carbocycles. The molecule has 7 N–H and O–H groups in total. The molecule has 1 aromatic heterocycles. The second kappa shape index (κ2) is 12.7. The van der Waals surface area contributed by atoms with Crippen LogP contribution in [0.1, 0.15) is 36.7 Å². The number of para-hydroxylation sites is 1. The summed E-state index contributed by atoms with van der Waals surface area (Å²) in [6, 6.07) is 15.6. The van der Waals surface area contributed by atoms with Gasteiger partial charge in [0.05, 0.1) is 45.5 Å². The Morgan fingerprint density at radius 1 is 0.810 bits per heavy atom. The SMILES string of the molecule is N[C@@H](Cc1cccs1)C(=O)NCc1ccc(Nc2cc(C(F)(F)F)ccc2Nc2ccccc2C(=O)O)c(C(=O)O)c1. The predicted molar refractivity (Wildman–Crippen MR) is 153 cm³/mol. The Labute approximate surface area is 241 Å². The number of carboxylic acid groups (broad SMARTS) is 2. The van der Waals surface area contributed by atoms with Gasteiger partial charge < -0.3 is 31.9 Å². The van der Waals surface area contributed by atoms with Crippen molar-refractivity contribution < 1.29 is 37.8 Å². The molecule has 0 saturated heterocycles. The van der Waals surface area contributed by atoms with Crippen LogP contribution in [0.3, 0.4) is 0 Å². The van der Waals surface area contributed by atoms with Crippen LogP contribution in [0.4, 0.5) is 35.9 Å². The molecule has 0 radical (unpaired) electrons. The Bertz CT molecular complexity index is 1610. The van der Waals surface area contributed by atoms with Crippen LogP contribution in [0, 0.1) is 0 Å². The third-order valence-corrected chi connectivity index (χ3v) is 7.06. The summed E-state index contributed by atoms with van der Waals surface area (Å²) in [5.74, 6) is -3.04. The standard InChI is InChI=1S/C29H25F3N4O5S/c30-29(31,32)17-8-10-24(35-22-6-2-1-5-19(22)27(38)39)25(13-17)36-23-9-7-16(12-20(23)28(40)41)15-34-26(37)21(33)14-18-4-3-11-42-18/h1-13,21,35-36H,14-15,33H2,(H,34,37)(H,38,39)(H,40,41)/t21-/m0/s1. The van der Waals surface area contributed by atoms with Gasteiger partial charge in [-0.2, -0.15) is 13.2 Å². The average Bonchev–Trinajstić information content (AvgIpc) is 3.45. The Morgan fingerprint density at radius 2 is 1.48 bits per heavy atom. The van der Waals surface area contributed by atoms with Crippen LogP contribution in [0.2, 0.25) is 0 Å². The number of halogens is 3. The number of hydrogen-bond acceptors (Lipinski definition) is 7. The van der Waals surface area contributed by atoms with Crippen LogP contribution in [-0.2, 0) is 23.9 Å². The highest BCUT2D eigenvalue weighted by Crippen LogP contribution is 2.37. The van der Waals surface area contributed by atoms with Crippen molar-refractivity contribution in [2.45, 2.75) is 25.2 Å². The number of anilines is 4. The minimum atomic E-state index is -4.70. The lowest BCUT2D eigenvalue weighted by Gasteiger charge is -2.19. The summed E-state index contributed by atoms with van der Waals surface area (Å²) in [6.07, 6.45) is -4.35. The number of aromatic carboxylic acids is 2. The van der Waals surface area contributed by atoms with Gasteiger partial charge in [-0.05, 0) is 59.5 Å². The molecule has 0 spiro atoms. The molecule has 4 rings (SSSR count). The van der Waals surface area contributed by atoms with Gasteiger partial charge in [-0.15, -0.1) is 11.3 Å². The quantitative estimate of drug-likeness (QED) is 0.126. The van der Waals surface area contributed by atoms with Crippen molar-refractivity contribution in [3.05, 3.63) is 105 Å². The van der Waals surface area contributed by atoms with E-state index in [0.717, 1.165) is 23.1 Å². The van der Waals surface area contributed by atoms with Gasteiger partial charge in [0.25, 0.3) is 0 Å². The van der Waals surface area contributed by atoms with E-state index in [0.29, 0.717) is 12.0 Å². The highest BCUT2D eigenvalue weighted by Gasteiger charge is 2.31. The summed E-state index contributed by atoms with van der Waals surface area (Å²) in [5.41, 5.74) is 5.03. The molecule has 4 aromatic rings. The van der Waals surface area contributed by atoms with E-state index in [1.165, 1.54) is 47.7 Å². The maximum atomic E-state index is 13.5. The van der Waals surface area contributed by atoms with E-state index in [9.17, 15) is 37.8 Å². The fraction of sp³-hybridized carbons (Fsp3) is 0.138. The fourth-order valence-corrected chi connectivity index (χ4v) is 4.81. The van der Waals surface area contributed by atoms with Crippen LogP contribution in [0.15, 0.2) is 78.2 Å². The first-order chi connectivity index (χ1) is 19.9. The second-order valence-electron chi connectivity index (χ2n) is 9.15. The van der Waals surface area contributed by atoms with E-state index in [1.54, 1.807) is 6.07 Å². The highest BCUT2D eigenvalue weighted by molar-refractivity contribution is 7.09. The topological polar surface area (TPSA) is 154 Å². The minimum absolute atomic E-state index is 0.0270. The van der Waals surface area contributed by atoms with Gasteiger partial charge in [0.2, 0.25) is 5.91 Å². The first-order valence-electron chi connectivity index (χ1n) is 12.4. The summed E-state index contributed by atoms with van der Waals surface area (Å²) < 4.78 is 40.6. The summed E-state index contributed by atoms with van der Waals surface area (Å²) in [5, 5.41) is 29.4. The lowest BCUT2D eigenvalue weighted by atomic mass is 10.1. The van der Waals surface area contributed by atoms with Crippen molar-refractivity contribution in [1.82, 2.24) is 5.32 Å². The molecule has 0 saturated carbocycles. The van der Waals surface area contributed by atoms with Crippen LogP contribution in [0.25, 0.3) is 0 Å². The van der Waals surface area contributed by atoms with Crippen molar-refractivity contribution in [3.8, 4) is 0 Å². The van der Waals surface area contributed by atoms with E-state index < -0.39 is 35.6 Å². The summed E-state index contributed by atoms with van der Waals surface area (Å²) in [6.45, 7) is -0.0279. The van der Waals surface area contributed by atoms with Crippen LogP contribution >= 0.6 is 11.3 Å². The molecule has 0 bridgehead atoms. The second-order valence-corrected chi connectivity index (χ2v) is 10.2. The van der Waals surface area contributed by atoms with Gasteiger partial charge in [0.1, 0.15) is 0 Å². The van der Waals surface area contributed by atoms with Crippen molar-refractivity contribution in [2.24, 2.45) is 5.73 Å². The molecule has 1 heterocycles. The average molecular weight is 599 g/mol. The Kier molecular flexibility index (Phi) is 9.13. The van der Waals surface area contributed by atoms with Gasteiger partial charge in [0.15, 0.2) is 0 Å². The van der Waals surface area contributed by atoms with Gasteiger partial charge in [-0.3, -0.25) is 4.79 Å². The Morgan fingerprint density at radius 3 is 2.14 bits per heavy atom. The van der Waals surface area contributed by atoms with Gasteiger partial charge in [-0.1, -0.05) is 24.3 Å². The summed E-state index contributed by atoms with van der Waals surface area (Å²) in [4.78, 5) is 37.1. The van der Waals surface area contributed by atoms with Crippen LogP contribution < -0.4 is 21.7 Å². The summed E-state index contributed by atoms with van der Waals surface area (Å²) >= 11 is 1.47. The van der Waals surface area contributed by atoms with E-state index >= 15 is 0 Å². The largest absolute Gasteiger partial charge is 0.478 e. The Balaban J connectivity index is 1.59. The first-order valence-corrected chi connectivity index (χ1v) is 13.3. The lowest BCUT2D eigenvalue weighted by molar-refractivity contribution is -0.137. The molecule has 1 atom stereocenters. The number of hydrogen-bond donors (Lipinski definition) is 6. The smallest absolute Gasteiger partial charge is 0.416 e. The van der Waals surface area contributed by atoms with E-state index in [1.807, 2.05) is 17.5 Å². The molecule has 218 valence electrons. The van der Waals surface area contributed by atoms with Crippen molar-refractivity contribution in [1.29, 1.82) is 0 Å². The predicted octanol–water partition coefficient (Wildman–Crippen LogP) is 5.84. The molecule has 0 unspecified atom stereocenters. The van der Waals surface area contributed by atoms with E-state index in [2.05, 4.69) is 16.0 Å². The monoisotopic (exact) mass is 598 g/mol. The van der Waals surface area contributed by atoms with Crippen molar-refractivity contribution >= 4 is 51.9 Å².